The van der Waals surface area contributed by atoms with Crippen molar-refractivity contribution in [1.29, 1.82) is 0 Å². The lowest BCUT2D eigenvalue weighted by molar-refractivity contribution is -0.307. The van der Waals surface area contributed by atoms with E-state index in [0.29, 0.717) is 12.8 Å². The molecule has 33 heavy (non-hydrogen) atoms. The van der Waals surface area contributed by atoms with E-state index >= 15 is 0 Å². The maximum atomic E-state index is 11.1. The van der Waals surface area contributed by atoms with Gasteiger partial charge in [0.05, 0.1) is 24.8 Å². The highest BCUT2D eigenvalue weighted by Gasteiger charge is 2.50. The van der Waals surface area contributed by atoms with Gasteiger partial charge in [0.25, 0.3) is 0 Å². The molecule has 194 valence electrons. The first-order valence-electron chi connectivity index (χ1n) is 11.8. The van der Waals surface area contributed by atoms with Crippen LogP contribution >= 0.6 is 0 Å². The first-order valence-corrected chi connectivity index (χ1v) is 11.8. The second-order valence-electron chi connectivity index (χ2n) is 9.91. The minimum Gasteiger partial charge on any atom is -0.388 e. The minimum absolute atomic E-state index is 0.0620. The van der Waals surface area contributed by atoms with Gasteiger partial charge < -0.3 is 62.1 Å². The van der Waals surface area contributed by atoms with E-state index in [0.717, 1.165) is 6.42 Å². The molecule has 0 aromatic carbocycles. The summed E-state index contributed by atoms with van der Waals surface area (Å²) in [5.74, 6) is 0. The summed E-state index contributed by atoms with van der Waals surface area (Å²) in [5.41, 5.74) is 17.5. The molecule has 0 radical (unpaired) electrons. The van der Waals surface area contributed by atoms with Crippen molar-refractivity contribution >= 4 is 0 Å². The van der Waals surface area contributed by atoms with Crippen molar-refractivity contribution in [1.82, 2.24) is 10.6 Å². The molecule has 12 heteroatoms. The largest absolute Gasteiger partial charge is 0.388 e. The van der Waals surface area contributed by atoms with Gasteiger partial charge >= 0.3 is 0 Å². The van der Waals surface area contributed by atoms with Crippen molar-refractivity contribution in [2.24, 2.45) is 17.2 Å². The normalized spacial score (nSPS) is 50.2. The summed E-state index contributed by atoms with van der Waals surface area (Å²) >= 11 is 0. The Bertz CT molecular complexity index is 632. The van der Waals surface area contributed by atoms with Crippen LogP contribution in [0.25, 0.3) is 0 Å². The zero-order valence-electron chi connectivity index (χ0n) is 20.0. The molecule has 3 fully saturated rings. The second-order valence-corrected chi connectivity index (χ2v) is 9.91. The maximum absolute atomic E-state index is 11.1. The molecule has 1 saturated carbocycles. The number of rotatable bonds is 7. The van der Waals surface area contributed by atoms with Crippen LogP contribution in [0.15, 0.2) is 0 Å². The van der Waals surface area contributed by atoms with Gasteiger partial charge in [-0.25, -0.2) is 0 Å². The molecule has 1 aliphatic carbocycles. The van der Waals surface area contributed by atoms with E-state index in [9.17, 15) is 15.3 Å². The van der Waals surface area contributed by atoms with Crippen molar-refractivity contribution < 1.29 is 34.3 Å². The molecule has 3 aliphatic rings. The fraction of sp³-hybridized carbons (Fsp3) is 1.00. The number of nitrogens with one attached hydrogen (secondary N) is 2. The lowest BCUT2D eigenvalue weighted by Crippen LogP contribution is -2.68. The third kappa shape index (κ3) is 5.85. The van der Waals surface area contributed by atoms with Crippen LogP contribution in [0.4, 0.5) is 0 Å². The predicted molar refractivity (Wildman–Crippen MR) is 120 cm³/mol. The third-order valence-corrected chi connectivity index (χ3v) is 7.24. The van der Waals surface area contributed by atoms with E-state index in [-0.39, 0.29) is 24.8 Å². The highest BCUT2D eigenvalue weighted by molar-refractivity contribution is 5.02. The Balaban J connectivity index is 1.68. The molecule has 13 atom stereocenters. The Morgan fingerprint density at radius 1 is 0.970 bits per heavy atom. The Kier molecular flexibility index (Phi) is 9.09. The highest BCUT2D eigenvalue weighted by Crippen LogP contribution is 2.31. The summed E-state index contributed by atoms with van der Waals surface area (Å²) in [6.45, 7) is 3.52. The Morgan fingerprint density at radius 3 is 2.15 bits per heavy atom. The summed E-state index contributed by atoms with van der Waals surface area (Å²) in [6.07, 6.45) is -4.22. The molecule has 0 spiro atoms. The SMILES string of the molecule is CN[C@H](C)[C@H]1CC[C@H](N)[C@H](O[C@H]2[C@H](O)[C@H](O[C@H]3OC[C@@](C)(O)[C@@H](NC)[C@H]3O)[C@@H](N)C[C@@H]2N)O1. The molecule has 0 aromatic rings. The molecule has 2 heterocycles. The van der Waals surface area contributed by atoms with Gasteiger partial charge in [-0.3, -0.25) is 0 Å². The predicted octanol–water partition coefficient (Wildman–Crippen LogP) is -3.33. The number of nitrogens with two attached hydrogens (primary N) is 3. The van der Waals surface area contributed by atoms with Crippen LogP contribution in [0, 0.1) is 0 Å². The van der Waals surface area contributed by atoms with Crippen LogP contribution in [0.5, 0.6) is 0 Å². The molecule has 3 rings (SSSR count). The van der Waals surface area contributed by atoms with Crippen LogP contribution in [0.3, 0.4) is 0 Å². The van der Waals surface area contributed by atoms with Crippen LogP contribution in [0.1, 0.15) is 33.1 Å². The average molecular weight is 478 g/mol. The monoisotopic (exact) mass is 477 g/mol. The summed E-state index contributed by atoms with van der Waals surface area (Å²) in [4.78, 5) is 0. The number of hydrogen-bond acceptors (Lipinski definition) is 12. The van der Waals surface area contributed by atoms with Gasteiger partial charge in [0.15, 0.2) is 12.6 Å². The quantitative estimate of drug-likeness (QED) is 0.182. The van der Waals surface area contributed by atoms with Crippen LogP contribution < -0.4 is 27.8 Å². The fourth-order valence-electron chi connectivity index (χ4n) is 5.04. The van der Waals surface area contributed by atoms with E-state index in [2.05, 4.69) is 10.6 Å². The number of likely N-dealkylation sites (N-methyl/N-ethyl adjacent to an activating group) is 2. The highest BCUT2D eigenvalue weighted by atomic mass is 16.7. The zero-order valence-corrected chi connectivity index (χ0v) is 20.0. The van der Waals surface area contributed by atoms with Crippen molar-refractivity contribution in [3.8, 4) is 0 Å². The van der Waals surface area contributed by atoms with Crippen molar-refractivity contribution in [3.63, 3.8) is 0 Å². The van der Waals surface area contributed by atoms with Crippen LogP contribution in [-0.2, 0) is 18.9 Å². The Hall–Kier alpha value is -0.480. The molecular formula is C21H43N5O7. The summed E-state index contributed by atoms with van der Waals surface area (Å²) in [5, 5.41) is 38.3. The molecule has 0 bridgehead atoms. The van der Waals surface area contributed by atoms with E-state index in [1.54, 1.807) is 14.0 Å². The van der Waals surface area contributed by atoms with Crippen molar-refractivity contribution in [3.05, 3.63) is 0 Å². The zero-order chi connectivity index (χ0) is 24.5. The van der Waals surface area contributed by atoms with Crippen molar-refractivity contribution in [2.75, 3.05) is 20.7 Å². The molecule has 2 aliphatic heterocycles. The molecule has 12 nitrogen and oxygen atoms in total. The first kappa shape index (κ1) is 27.1. The lowest BCUT2D eigenvalue weighted by Gasteiger charge is -2.48. The van der Waals surface area contributed by atoms with E-state index in [1.165, 1.54) is 0 Å². The van der Waals surface area contributed by atoms with Gasteiger partial charge in [-0.05, 0) is 47.2 Å². The maximum Gasteiger partial charge on any atom is 0.185 e. The van der Waals surface area contributed by atoms with E-state index in [1.807, 2.05) is 14.0 Å². The van der Waals surface area contributed by atoms with E-state index in [4.69, 9.17) is 36.1 Å². The fourth-order valence-corrected chi connectivity index (χ4v) is 5.04. The molecule has 2 saturated heterocycles. The molecule has 0 aromatic heterocycles. The Morgan fingerprint density at radius 2 is 1.58 bits per heavy atom. The van der Waals surface area contributed by atoms with Crippen LogP contribution in [-0.4, -0.2) is 115 Å². The molecule has 0 amide bonds. The van der Waals surface area contributed by atoms with Crippen LogP contribution in [0.2, 0.25) is 0 Å². The first-order chi connectivity index (χ1) is 15.5. The number of aliphatic hydroxyl groups excluding tert-OH is 2. The lowest BCUT2D eigenvalue weighted by atomic mass is 9.84. The average Bonchev–Trinajstić information content (AvgIpc) is 2.76. The van der Waals surface area contributed by atoms with Gasteiger partial charge in [-0.15, -0.1) is 0 Å². The van der Waals surface area contributed by atoms with Gasteiger partial charge in [-0.1, -0.05) is 0 Å². The summed E-state index contributed by atoms with van der Waals surface area (Å²) in [7, 11) is 3.49. The standard InChI is InChI=1S/C21H43N5O7/c1-9(25-3)13-6-5-10(22)19(31-13)32-16-11(23)7-12(24)17(14(16)27)33-20-15(28)18(26-4)21(2,29)8-30-20/h9-20,25-29H,5-8,22-24H2,1-4H3/t9-,10+,11+,12+,13-,14+,15-,16-,17-,18+,19+,20-,21-/m1/s1. The number of ether oxygens (including phenoxy) is 4. The Labute approximate surface area is 195 Å². The minimum atomic E-state index is -1.29. The van der Waals surface area contributed by atoms with E-state index < -0.39 is 60.7 Å². The number of aliphatic hydroxyl groups is 3. The summed E-state index contributed by atoms with van der Waals surface area (Å²) in [6, 6.07) is -2.11. The molecule has 0 unspecified atom stereocenters. The smallest absolute Gasteiger partial charge is 0.185 e. The molecule has 11 N–H and O–H groups in total. The third-order valence-electron chi connectivity index (χ3n) is 7.24. The van der Waals surface area contributed by atoms with Gasteiger partial charge in [-0.2, -0.15) is 0 Å². The topological polar surface area (TPSA) is 200 Å². The molecular weight excluding hydrogens is 434 g/mol. The number of hydrogen-bond donors (Lipinski definition) is 8. The summed E-state index contributed by atoms with van der Waals surface area (Å²) < 4.78 is 23.7. The van der Waals surface area contributed by atoms with Gasteiger partial charge in [0.2, 0.25) is 0 Å². The van der Waals surface area contributed by atoms with Crippen molar-refractivity contribution in [2.45, 2.75) is 112 Å². The van der Waals surface area contributed by atoms with Gasteiger partial charge in [0.1, 0.15) is 30.0 Å². The second kappa shape index (κ2) is 11.1. The van der Waals surface area contributed by atoms with Gasteiger partial charge in [0, 0.05) is 18.1 Å².